The van der Waals surface area contributed by atoms with E-state index in [0.717, 1.165) is 4.90 Å². The summed E-state index contributed by atoms with van der Waals surface area (Å²) in [6.07, 6.45) is 0. The number of benzene rings is 2. The second-order valence-electron chi connectivity index (χ2n) is 2.93. The molecular formula is C12H9FS2. The summed E-state index contributed by atoms with van der Waals surface area (Å²) in [6, 6.07) is 16.7. The summed E-state index contributed by atoms with van der Waals surface area (Å²) in [5.74, 6) is -0.191. The standard InChI is InChI=1S/C12H9FS2/c13-10-6-8-12(9-7-10)15-14-11-4-2-1-3-5-11/h1-9H. The zero-order valence-corrected chi connectivity index (χ0v) is 9.52. The molecule has 0 bridgehead atoms. The largest absolute Gasteiger partial charge is 0.207 e. The molecule has 0 aliphatic heterocycles. The van der Waals surface area contributed by atoms with E-state index in [1.807, 2.05) is 18.2 Å². The molecule has 0 heterocycles. The van der Waals surface area contributed by atoms with Crippen LogP contribution in [0.15, 0.2) is 64.4 Å². The highest BCUT2D eigenvalue weighted by Crippen LogP contribution is 2.36. The first-order chi connectivity index (χ1) is 7.34. The molecule has 0 aliphatic rings. The Kier molecular flexibility index (Phi) is 3.69. The van der Waals surface area contributed by atoms with Crippen LogP contribution in [0.3, 0.4) is 0 Å². The van der Waals surface area contributed by atoms with Crippen molar-refractivity contribution in [2.75, 3.05) is 0 Å². The maximum absolute atomic E-state index is 12.6. The summed E-state index contributed by atoms with van der Waals surface area (Å²) >= 11 is 0. The fourth-order valence-electron chi connectivity index (χ4n) is 1.06. The fourth-order valence-corrected chi connectivity index (χ4v) is 3.01. The van der Waals surface area contributed by atoms with Gasteiger partial charge in [-0.1, -0.05) is 39.8 Å². The van der Waals surface area contributed by atoms with Gasteiger partial charge < -0.3 is 0 Å². The van der Waals surface area contributed by atoms with Gasteiger partial charge in [0.25, 0.3) is 0 Å². The van der Waals surface area contributed by atoms with Crippen LogP contribution in [0.2, 0.25) is 0 Å². The molecule has 2 rings (SSSR count). The molecule has 0 aromatic heterocycles. The van der Waals surface area contributed by atoms with Gasteiger partial charge in [0.05, 0.1) is 0 Å². The van der Waals surface area contributed by atoms with E-state index in [1.54, 1.807) is 33.7 Å². The van der Waals surface area contributed by atoms with Gasteiger partial charge in [0.2, 0.25) is 0 Å². The van der Waals surface area contributed by atoms with Gasteiger partial charge in [0, 0.05) is 9.79 Å². The average molecular weight is 236 g/mol. The number of hydrogen-bond acceptors (Lipinski definition) is 2. The molecule has 2 aromatic rings. The lowest BCUT2D eigenvalue weighted by molar-refractivity contribution is 0.626. The van der Waals surface area contributed by atoms with Crippen molar-refractivity contribution < 1.29 is 4.39 Å². The van der Waals surface area contributed by atoms with Gasteiger partial charge in [-0.2, -0.15) is 0 Å². The Bertz CT molecular complexity index is 411. The molecule has 0 amide bonds. The van der Waals surface area contributed by atoms with E-state index in [1.165, 1.54) is 17.0 Å². The Morgan fingerprint density at radius 3 is 1.80 bits per heavy atom. The van der Waals surface area contributed by atoms with Gasteiger partial charge in [-0.15, -0.1) is 0 Å². The van der Waals surface area contributed by atoms with Crippen LogP contribution in [0, 0.1) is 5.82 Å². The monoisotopic (exact) mass is 236 g/mol. The molecule has 0 atom stereocenters. The molecule has 0 N–H and O–H groups in total. The van der Waals surface area contributed by atoms with Crippen LogP contribution in [-0.4, -0.2) is 0 Å². The number of hydrogen-bond donors (Lipinski definition) is 0. The number of rotatable bonds is 3. The highest BCUT2D eigenvalue weighted by molar-refractivity contribution is 8.76. The van der Waals surface area contributed by atoms with E-state index in [-0.39, 0.29) is 5.82 Å². The third-order valence-corrected chi connectivity index (χ3v) is 4.21. The normalized spacial score (nSPS) is 10.2. The highest BCUT2D eigenvalue weighted by atomic mass is 33.1. The van der Waals surface area contributed by atoms with Gasteiger partial charge in [0.15, 0.2) is 0 Å². The Labute approximate surface area is 96.3 Å². The molecule has 15 heavy (non-hydrogen) atoms. The lowest BCUT2D eigenvalue weighted by atomic mass is 10.4. The molecule has 0 radical (unpaired) electrons. The molecule has 0 unspecified atom stereocenters. The summed E-state index contributed by atoms with van der Waals surface area (Å²) in [5, 5.41) is 0. The average Bonchev–Trinajstić information content (AvgIpc) is 2.30. The summed E-state index contributed by atoms with van der Waals surface area (Å²) in [7, 11) is 3.31. The molecule has 0 saturated carbocycles. The van der Waals surface area contributed by atoms with Crippen molar-refractivity contribution in [3.8, 4) is 0 Å². The van der Waals surface area contributed by atoms with E-state index in [9.17, 15) is 4.39 Å². The van der Waals surface area contributed by atoms with Crippen LogP contribution >= 0.6 is 21.6 Å². The Morgan fingerprint density at radius 1 is 0.667 bits per heavy atom. The van der Waals surface area contributed by atoms with Crippen molar-refractivity contribution in [3.05, 3.63) is 60.4 Å². The van der Waals surface area contributed by atoms with Gasteiger partial charge in [-0.3, -0.25) is 0 Å². The Morgan fingerprint density at radius 2 is 1.20 bits per heavy atom. The van der Waals surface area contributed by atoms with E-state index >= 15 is 0 Å². The first-order valence-electron chi connectivity index (χ1n) is 4.50. The topological polar surface area (TPSA) is 0 Å². The number of halogens is 1. The van der Waals surface area contributed by atoms with Crippen molar-refractivity contribution in [2.24, 2.45) is 0 Å². The van der Waals surface area contributed by atoms with Crippen LogP contribution in [0.1, 0.15) is 0 Å². The smallest absolute Gasteiger partial charge is 0.123 e. The second-order valence-corrected chi connectivity index (χ2v) is 5.21. The molecule has 0 nitrogen and oxygen atoms in total. The third-order valence-electron chi connectivity index (χ3n) is 1.79. The van der Waals surface area contributed by atoms with Gasteiger partial charge in [0.1, 0.15) is 5.82 Å². The SMILES string of the molecule is Fc1ccc(SSc2ccccc2)cc1. The molecule has 2 aromatic carbocycles. The fraction of sp³-hybridized carbons (Fsp3) is 0. The minimum atomic E-state index is -0.191. The van der Waals surface area contributed by atoms with E-state index in [2.05, 4.69) is 12.1 Å². The van der Waals surface area contributed by atoms with E-state index in [0.29, 0.717) is 0 Å². The molecule has 0 fully saturated rings. The second kappa shape index (κ2) is 5.24. The summed E-state index contributed by atoms with van der Waals surface area (Å²) in [6.45, 7) is 0. The van der Waals surface area contributed by atoms with Crippen LogP contribution < -0.4 is 0 Å². The van der Waals surface area contributed by atoms with E-state index in [4.69, 9.17) is 0 Å². The zero-order valence-electron chi connectivity index (χ0n) is 7.89. The predicted octanol–water partition coefficient (Wildman–Crippen LogP) is 4.63. The zero-order chi connectivity index (χ0) is 10.5. The summed E-state index contributed by atoms with van der Waals surface area (Å²) < 4.78 is 12.6. The van der Waals surface area contributed by atoms with Crippen molar-refractivity contribution >= 4 is 21.6 Å². The van der Waals surface area contributed by atoms with Crippen molar-refractivity contribution in [1.29, 1.82) is 0 Å². The van der Waals surface area contributed by atoms with Crippen LogP contribution in [-0.2, 0) is 0 Å². The molecule has 0 aliphatic carbocycles. The first-order valence-corrected chi connectivity index (χ1v) is 6.65. The summed E-state index contributed by atoms with van der Waals surface area (Å²) in [4.78, 5) is 2.26. The molecule has 0 spiro atoms. The lowest BCUT2D eigenvalue weighted by Crippen LogP contribution is -1.72. The third kappa shape index (κ3) is 3.29. The van der Waals surface area contributed by atoms with Crippen molar-refractivity contribution in [2.45, 2.75) is 9.79 Å². The van der Waals surface area contributed by atoms with Gasteiger partial charge in [-0.05, 0) is 36.4 Å². The minimum absolute atomic E-state index is 0.191. The molecule has 76 valence electrons. The van der Waals surface area contributed by atoms with Crippen LogP contribution in [0.5, 0.6) is 0 Å². The minimum Gasteiger partial charge on any atom is -0.207 e. The first kappa shape index (κ1) is 10.6. The molecule has 0 saturated heterocycles. The quantitative estimate of drug-likeness (QED) is 0.713. The van der Waals surface area contributed by atoms with Crippen molar-refractivity contribution in [1.82, 2.24) is 0 Å². The summed E-state index contributed by atoms with van der Waals surface area (Å²) in [5.41, 5.74) is 0. The van der Waals surface area contributed by atoms with Crippen LogP contribution in [0.25, 0.3) is 0 Å². The van der Waals surface area contributed by atoms with Gasteiger partial charge in [-0.25, -0.2) is 4.39 Å². The van der Waals surface area contributed by atoms with Crippen molar-refractivity contribution in [3.63, 3.8) is 0 Å². The maximum atomic E-state index is 12.6. The molecular weight excluding hydrogens is 227 g/mol. The van der Waals surface area contributed by atoms with Gasteiger partial charge >= 0.3 is 0 Å². The lowest BCUT2D eigenvalue weighted by Gasteiger charge is -2.00. The predicted molar refractivity (Wildman–Crippen MR) is 64.6 cm³/mol. The maximum Gasteiger partial charge on any atom is 0.123 e. The van der Waals surface area contributed by atoms with E-state index < -0.39 is 0 Å². The Balaban J connectivity index is 1.96. The van der Waals surface area contributed by atoms with Crippen LogP contribution in [0.4, 0.5) is 4.39 Å². The molecule has 3 heteroatoms. The highest BCUT2D eigenvalue weighted by Gasteiger charge is 1.96. The Hall–Kier alpha value is -0.930.